The van der Waals surface area contributed by atoms with Crippen molar-refractivity contribution in [2.24, 2.45) is 40.4 Å². The number of rotatable bonds is 1. The molecule has 3 heteroatoms. The lowest BCUT2D eigenvalue weighted by atomic mass is 9.45. The summed E-state index contributed by atoms with van der Waals surface area (Å²) in [6.45, 7) is 9.90. The summed E-state index contributed by atoms with van der Waals surface area (Å²) in [7, 11) is 3.98. The normalized spacial score (nSPS) is 55.5. The molecule has 3 aliphatic carbocycles. The van der Waals surface area contributed by atoms with Crippen LogP contribution in [-0.4, -0.2) is 37.1 Å². The van der Waals surface area contributed by atoms with Crippen LogP contribution in [0.2, 0.25) is 0 Å². The van der Waals surface area contributed by atoms with Gasteiger partial charge in [-0.3, -0.25) is 4.79 Å². The van der Waals surface area contributed by atoms with E-state index in [-0.39, 0.29) is 0 Å². The maximum atomic E-state index is 12.3. The zero-order valence-corrected chi connectivity index (χ0v) is 17.0. The molecule has 25 heavy (non-hydrogen) atoms. The number of ether oxygens (including phenoxy) is 1. The first kappa shape index (κ1) is 17.8. The minimum absolute atomic E-state index is 0.315. The van der Waals surface area contributed by atoms with Gasteiger partial charge in [0.05, 0.1) is 6.10 Å². The van der Waals surface area contributed by atoms with Crippen molar-refractivity contribution in [2.75, 3.05) is 14.2 Å². The zero-order chi connectivity index (χ0) is 18.1. The first-order valence-electron chi connectivity index (χ1n) is 10.5. The number of piperidine rings is 1. The molecule has 0 spiro atoms. The predicted molar refractivity (Wildman–Crippen MR) is 100 cm³/mol. The fourth-order valence-corrected chi connectivity index (χ4v) is 8.29. The van der Waals surface area contributed by atoms with Crippen LogP contribution in [0.5, 0.6) is 0 Å². The molecule has 9 atom stereocenters. The van der Waals surface area contributed by atoms with Gasteiger partial charge in [-0.1, -0.05) is 27.7 Å². The minimum Gasteiger partial charge on any atom is -0.381 e. The molecule has 0 aromatic heterocycles. The van der Waals surface area contributed by atoms with Crippen LogP contribution in [-0.2, 0) is 9.53 Å². The van der Waals surface area contributed by atoms with Crippen LogP contribution in [0.15, 0.2) is 0 Å². The molecule has 0 aromatic rings. The van der Waals surface area contributed by atoms with Crippen molar-refractivity contribution >= 4 is 5.91 Å². The molecule has 0 radical (unpaired) electrons. The van der Waals surface area contributed by atoms with Crippen molar-refractivity contribution < 1.29 is 9.53 Å². The molecule has 3 saturated carbocycles. The van der Waals surface area contributed by atoms with Gasteiger partial charge in [0, 0.05) is 26.6 Å². The molecule has 1 saturated heterocycles. The Balaban J connectivity index is 1.70. The summed E-state index contributed by atoms with van der Waals surface area (Å²) < 4.78 is 6.02. The van der Waals surface area contributed by atoms with Crippen LogP contribution in [0, 0.1) is 40.4 Å². The van der Waals surface area contributed by atoms with E-state index in [1.54, 1.807) is 0 Å². The van der Waals surface area contributed by atoms with E-state index in [4.69, 9.17) is 4.74 Å². The fraction of sp³-hybridized carbons (Fsp3) is 0.955. The second-order valence-corrected chi connectivity index (χ2v) is 10.4. The Labute approximate surface area is 153 Å². The molecule has 3 nitrogen and oxygen atoms in total. The molecule has 0 bridgehead atoms. The van der Waals surface area contributed by atoms with Gasteiger partial charge < -0.3 is 9.64 Å². The molecule has 1 amide bonds. The second kappa shape index (κ2) is 5.71. The average Bonchev–Trinajstić information content (AvgIpc) is 2.83. The van der Waals surface area contributed by atoms with Crippen molar-refractivity contribution in [3.8, 4) is 0 Å². The molecule has 4 unspecified atom stereocenters. The number of nitrogens with zero attached hydrogens (tertiary/aromatic N) is 1. The monoisotopic (exact) mass is 347 g/mol. The highest BCUT2D eigenvalue weighted by Gasteiger charge is 2.64. The highest BCUT2D eigenvalue weighted by molar-refractivity contribution is 5.77. The van der Waals surface area contributed by atoms with E-state index < -0.39 is 0 Å². The molecular formula is C22H37NO2. The fourth-order valence-electron chi connectivity index (χ4n) is 8.29. The van der Waals surface area contributed by atoms with E-state index in [9.17, 15) is 4.79 Å². The van der Waals surface area contributed by atoms with E-state index in [1.807, 2.05) is 7.11 Å². The summed E-state index contributed by atoms with van der Waals surface area (Å²) in [4.78, 5) is 14.4. The Kier molecular flexibility index (Phi) is 4.07. The Morgan fingerprint density at radius 3 is 2.44 bits per heavy atom. The summed E-state index contributed by atoms with van der Waals surface area (Å²) in [5.74, 6) is 4.13. The van der Waals surface area contributed by atoms with E-state index >= 15 is 0 Å². The van der Waals surface area contributed by atoms with E-state index in [1.165, 1.54) is 25.7 Å². The van der Waals surface area contributed by atoms with Crippen molar-refractivity contribution in [3.05, 3.63) is 0 Å². The lowest BCUT2D eigenvalue weighted by Crippen LogP contribution is -2.63. The van der Waals surface area contributed by atoms with Crippen LogP contribution in [0.3, 0.4) is 0 Å². The topological polar surface area (TPSA) is 29.5 Å². The Hall–Kier alpha value is -0.570. The SMILES string of the molecule is COC1C(C)C[C@H]2[C@@H]3C(C)CC4N(C)C(=O)CC[C@]4(C)[C@@H]3CC[C@]12C. The van der Waals surface area contributed by atoms with Gasteiger partial charge in [0.2, 0.25) is 5.91 Å². The van der Waals surface area contributed by atoms with Crippen molar-refractivity contribution in [3.63, 3.8) is 0 Å². The molecule has 4 rings (SSSR count). The van der Waals surface area contributed by atoms with Gasteiger partial charge in [0.1, 0.15) is 0 Å². The first-order chi connectivity index (χ1) is 11.7. The molecule has 0 N–H and O–H groups in total. The van der Waals surface area contributed by atoms with Gasteiger partial charge in [-0.15, -0.1) is 0 Å². The molecule has 0 aromatic carbocycles. The summed E-state index contributed by atoms with van der Waals surface area (Å²) in [6, 6.07) is 0.450. The maximum Gasteiger partial charge on any atom is 0.222 e. The standard InChI is InChI=1S/C22H37NO2/c1-13-12-17-21(3,10-8-18(24)23(17)5)15-7-9-22(4)16(19(13)15)11-14(2)20(22)25-6/h13-17,19-20H,7-12H2,1-6H3/t13?,14?,15-,16+,17?,19-,20?,21-,22+/m1/s1. The Morgan fingerprint density at radius 2 is 1.76 bits per heavy atom. The van der Waals surface area contributed by atoms with E-state index in [0.717, 1.165) is 30.6 Å². The quantitative estimate of drug-likeness (QED) is 0.705. The largest absolute Gasteiger partial charge is 0.381 e. The molecule has 1 aliphatic heterocycles. The molecular weight excluding hydrogens is 310 g/mol. The number of carbonyl (C=O) groups excluding carboxylic acids is 1. The number of hydrogen-bond donors (Lipinski definition) is 0. The first-order valence-corrected chi connectivity index (χ1v) is 10.5. The summed E-state index contributed by atoms with van der Waals surface area (Å²) in [6.07, 6.45) is 7.42. The highest BCUT2D eigenvalue weighted by atomic mass is 16.5. The number of likely N-dealkylation sites (tertiary alicyclic amines) is 1. The third kappa shape index (κ3) is 2.23. The lowest BCUT2D eigenvalue weighted by molar-refractivity contribution is -0.170. The lowest BCUT2D eigenvalue weighted by Gasteiger charge is -2.63. The third-order valence-corrected chi connectivity index (χ3v) is 9.42. The van der Waals surface area contributed by atoms with Crippen molar-refractivity contribution in [1.82, 2.24) is 4.90 Å². The van der Waals surface area contributed by atoms with Crippen LogP contribution in [0.1, 0.15) is 66.2 Å². The van der Waals surface area contributed by atoms with Crippen LogP contribution >= 0.6 is 0 Å². The highest BCUT2D eigenvalue weighted by Crippen LogP contribution is 2.67. The van der Waals surface area contributed by atoms with Gasteiger partial charge in [0.25, 0.3) is 0 Å². The number of hydrogen-bond acceptors (Lipinski definition) is 2. The molecule has 1 heterocycles. The summed E-state index contributed by atoms with van der Waals surface area (Å²) in [5.41, 5.74) is 0.665. The maximum absolute atomic E-state index is 12.3. The molecule has 142 valence electrons. The van der Waals surface area contributed by atoms with Crippen molar-refractivity contribution in [2.45, 2.75) is 78.4 Å². The second-order valence-electron chi connectivity index (χ2n) is 10.4. The van der Waals surface area contributed by atoms with Crippen molar-refractivity contribution in [1.29, 1.82) is 0 Å². The van der Waals surface area contributed by atoms with Crippen LogP contribution in [0.4, 0.5) is 0 Å². The summed E-state index contributed by atoms with van der Waals surface area (Å²) in [5, 5.41) is 0. The van der Waals surface area contributed by atoms with Gasteiger partial charge in [-0.05, 0) is 72.5 Å². The van der Waals surface area contributed by atoms with E-state index in [0.29, 0.717) is 40.7 Å². The summed E-state index contributed by atoms with van der Waals surface area (Å²) >= 11 is 0. The zero-order valence-electron chi connectivity index (χ0n) is 17.0. The van der Waals surface area contributed by atoms with Crippen LogP contribution in [0.25, 0.3) is 0 Å². The third-order valence-electron chi connectivity index (χ3n) is 9.42. The Morgan fingerprint density at radius 1 is 1.04 bits per heavy atom. The number of carbonyl (C=O) groups is 1. The smallest absolute Gasteiger partial charge is 0.222 e. The van der Waals surface area contributed by atoms with E-state index in [2.05, 4.69) is 39.6 Å². The number of amides is 1. The average molecular weight is 348 g/mol. The molecule has 4 fully saturated rings. The predicted octanol–water partition coefficient (Wildman–Crippen LogP) is 4.36. The van der Waals surface area contributed by atoms with Gasteiger partial charge in [0.15, 0.2) is 0 Å². The minimum atomic E-state index is 0.315. The molecule has 4 aliphatic rings. The number of fused-ring (bicyclic) bond motifs is 5. The Bertz CT molecular complexity index is 562. The van der Waals surface area contributed by atoms with Gasteiger partial charge >= 0.3 is 0 Å². The number of methoxy groups -OCH3 is 1. The van der Waals surface area contributed by atoms with Gasteiger partial charge in [-0.2, -0.15) is 0 Å². The van der Waals surface area contributed by atoms with Crippen LogP contribution < -0.4 is 0 Å². The van der Waals surface area contributed by atoms with Gasteiger partial charge in [-0.25, -0.2) is 0 Å².